The Morgan fingerprint density at radius 1 is 1.08 bits per heavy atom. The Morgan fingerprint density at radius 2 is 1.79 bits per heavy atom. The predicted molar refractivity (Wildman–Crippen MR) is 151 cm³/mol. The van der Waals surface area contributed by atoms with Gasteiger partial charge in [0.05, 0.1) is 17.3 Å². The highest BCUT2D eigenvalue weighted by Crippen LogP contribution is 2.61. The highest BCUT2D eigenvalue weighted by Gasteiger charge is 2.59. The first-order valence-electron chi connectivity index (χ1n) is 14.6. The summed E-state index contributed by atoms with van der Waals surface area (Å²) in [6.07, 6.45) is 12.7. The van der Waals surface area contributed by atoms with Crippen LogP contribution in [-0.2, 0) is 18.9 Å². The van der Waals surface area contributed by atoms with Gasteiger partial charge >= 0.3 is 0 Å². The molecule has 0 heterocycles. The molecular weight excluding hydrogens is 480 g/mol. The Morgan fingerprint density at radius 3 is 2.47 bits per heavy atom. The van der Waals surface area contributed by atoms with E-state index < -0.39 is 11.7 Å². The molecule has 0 amide bonds. The number of ether oxygens (including phenoxy) is 4. The van der Waals surface area contributed by atoms with Crippen molar-refractivity contribution >= 4 is 0 Å². The minimum Gasteiger partial charge on any atom is -0.387 e. The molecule has 3 aliphatic carbocycles. The van der Waals surface area contributed by atoms with E-state index in [2.05, 4.69) is 53.3 Å². The van der Waals surface area contributed by atoms with E-state index in [1.54, 1.807) is 14.2 Å². The highest BCUT2D eigenvalue weighted by atomic mass is 16.7. The number of fused-ring (bicyclic) bond motifs is 1. The fourth-order valence-corrected chi connectivity index (χ4v) is 7.45. The molecule has 8 atom stereocenters. The lowest BCUT2D eigenvalue weighted by molar-refractivity contribution is -0.156. The molecule has 0 spiro atoms. The van der Waals surface area contributed by atoms with Gasteiger partial charge in [-0.05, 0) is 100 Å². The van der Waals surface area contributed by atoms with E-state index >= 15 is 0 Å². The molecule has 2 N–H and O–H groups in total. The van der Waals surface area contributed by atoms with E-state index in [-0.39, 0.29) is 42.5 Å². The predicted octanol–water partition coefficient (Wildman–Crippen LogP) is 6.18. The van der Waals surface area contributed by atoms with Crippen molar-refractivity contribution in [2.75, 3.05) is 27.8 Å². The maximum Gasteiger partial charge on any atom is 0.147 e. The topological polar surface area (TPSA) is 77.4 Å². The number of allylic oxidation sites excluding steroid dienone is 2. The summed E-state index contributed by atoms with van der Waals surface area (Å²) >= 11 is 0. The molecule has 0 bridgehead atoms. The molecule has 6 nitrogen and oxygen atoms in total. The van der Waals surface area contributed by atoms with Crippen molar-refractivity contribution in [2.24, 2.45) is 29.1 Å². The molecule has 3 fully saturated rings. The number of rotatable bonds is 12. The van der Waals surface area contributed by atoms with Crippen molar-refractivity contribution in [3.63, 3.8) is 0 Å². The van der Waals surface area contributed by atoms with Crippen LogP contribution in [0.1, 0.15) is 86.0 Å². The van der Waals surface area contributed by atoms with Gasteiger partial charge in [0.2, 0.25) is 0 Å². The smallest absolute Gasteiger partial charge is 0.147 e. The van der Waals surface area contributed by atoms with Crippen LogP contribution in [0.3, 0.4) is 0 Å². The molecule has 3 rings (SSSR count). The SMILES string of the molecule is C=C1CC[C@H](OCOC)CC1=CC(O)C1(O)CCC[C@]2(C)[C@@H]([C@H](C)C=C[C@H](C)C(C)(C)OCOC)CC[C@@H]12. The quantitative estimate of drug-likeness (QED) is 0.230. The average molecular weight is 535 g/mol. The van der Waals surface area contributed by atoms with Gasteiger partial charge in [0.1, 0.15) is 19.7 Å². The van der Waals surface area contributed by atoms with Crippen molar-refractivity contribution in [2.45, 2.75) is 109 Å². The average Bonchev–Trinajstić information content (AvgIpc) is 3.24. The molecule has 6 heteroatoms. The molecule has 218 valence electrons. The first kappa shape index (κ1) is 31.5. The molecule has 3 aliphatic rings. The molecule has 0 radical (unpaired) electrons. The molecule has 0 aliphatic heterocycles. The maximum absolute atomic E-state index is 12.1. The van der Waals surface area contributed by atoms with Crippen molar-refractivity contribution in [1.29, 1.82) is 0 Å². The number of aliphatic hydroxyl groups excluding tert-OH is 1. The number of hydrogen-bond donors (Lipinski definition) is 2. The number of methoxy groups -OCH3 is 2. The fourth-order valence-electron chi connectivity index (χ4n) is 7.45. The van der Waals surface area contributed by atoms with Gasteiger partial charge < -0.3 is 29.2 Å². The summed E-state index contributed by atoms with van der Waals surface area (Å²) in [6, 6.07) is 0. The summed E-state index contributed by atoms with van der Waals surface area (Å²) < 4.78 is 21.9. The molecular formula is C32H54O6. The largest absolute Gasteiger partial charge is 0.387 e. The van der Waals surface area contributed by atoms with Crippen LogP contribution < -0.4 is 0 Å². The number of hydrogen-bond acceptors (Lipinski definition) is 6. The Bertz CT molecular complexity index is 849. The third kappa shape index (κ3) is 6.82. The lowest BCUT2D eigenvalue weighted by Crippen LogP contribution is -2.56. The van der Waals surface area contributed by atoms with E-state index in [1.807, 2.05) is 6.08 Å². The zero-order valence-electron chi connectivity index (χ0n) is 25.0. The molecule has 2 unspecified atom stereocenters. The van der Waals surface area contributed by atoms with Crippen LogP contribution in [0, 0.1) is 29.1 Å². The lowest BCUT2D eigenvalue weighted by Gasteiger charge is -2.52. The van der Waals surface area contributed by atoms with E-state index in [0.29, 0.717) is 24.7 Å². The second-order valence-corrected chi connectivity index (χ2v) is 13.0. The van der Waals surface area contributed by atoms with Crippen molar-refractivity contribution in [1.82, 2.24) is 0 Å². The van der Waals surface area contributed by atoms with Crippen LogP contribution in [0.2, 0.25) is 0 Å². The van der Waals surface area contributed by atoms with Gasteiger partial charge in [-0.25, -0.2) is 0 Å². The summed E-state index contributed by atoms with van der Waals surface area (Å²) in [4.78, 5) is 0. The van der Waals surface area contributed by atoms with Crippen molar-refractivity contribution in [3.05, 3.63) is 36.0 Å². The second-order valence-electron chi connectivity index (χ2n) is 13.0. The van der Waals surface area contributed by atoms with Gasteiger partial charge in [-0.3, -0.25) is 0 Å². The molecule has 38 heavy (non-hydrogen) atoms. The zero-order chi connectivity index (χ0) is 28.1. The van der Waals surface area contributed by atoms with Crippen LogP contribution >= 0.6 is 0 Å². The van der Waals surface area contributed by atoms with E-state index in [1.165, 1.54) is 0 Å². The first-order valence-corrected chi connectivity index (χ1v) is 14.6. The third-order valence-electron chi connectivity index (χ3n) is 10.3. The summed E-state index contributed by atoms with van der Waals surface area (Å²) in [5, 5.41) is 23.6. The lowest BCUT2D eigenvalue weighted by atomic mass is 9.56. The number of aliphatic hydroxyl groups is 2. The molecule has 0 aromatic rings. The van der Waals surface area contributed by atoms with E-state index in [9.17, 15) is 10.2 Å². The molecule has 3 saturated carbocycles. The monoisotopic (exact) mass is 534 g/mol. The first-order chi connectivity index (χ1) is 17.9. The van der Waals surface area contributed by atoms with Crippen LogP contribution in [-0.4, -0.2) is 61.4 Å². The zero-order valence-corrected chi connectivity index (χ0v) is 25.0. The van der Waals surface area contributed by atoms with Gasteiger partial charge in [-0.1, -0.05) is 45.1 Å². The van der Waals surface area contributed by atoms with Gasteiger partial charge in [0, 0.05) is 20.1 Å². The Labute approximate surface area is 231 Å². The van der Waals surface area contributed by atoms with Crippen LogP contribution in [0.15, 0.2) is 36.0 Å². The second kappa shape index (κ2) is 13.1. The summed E-state index contributed by atoms with van der Waals surface area (Å²) in [7, 11) is 3.27. The van der Waals surface area contributed by atoms with Gasteiger partial charge in [-0.2, -0.15) is 0 Å². The molecule has 0 aromatic carbocycles. The van der Waals surface area contributed by atoms with Gasteiger partial charge in [0.25, 0.3) is 0 Å². The van der Waals surface area contributed by atoms with E-state index in [4.69, 9.17) is 18.9 Å². The fraction of sp³-hybridized carbons (Fsp3) is 0.812. The standard InChI is InChI=1S/C32H54O6/c1-22-11-13-26(37-20-35-7)18-25(22)19-29(33)32(34)17-9-16-31(6)27(14-15-28(31)32)23(2)10-12-24(3)30(4,5)38-21-36-8/h10,12,19,23-24,26-29,33-34H,1,9,11,13-18,20-21H2,2-8H3/t23-,24+,26+,27-,28-,29?,31-,32?/m1/s1. The van der Waals surface area contributed by atoms with Crippen LogP contribution in [0.25, 0.3) is 0 Å². The highest BCUT2D eigenvalue weighted by molar-refractivity contribution is 5.33. The van der Waals surface area contributed by atoms with Crippen LogP contribution in [0.4, 0.5) is 0 Å². The Kier molecular flexibility index (Phi) is 10.9. The Hall–Kier alpha value is -1.02. The van der Waals surface area contributed by atoms with Gasteiger partial charge in [-0.15, -0.1) is 0 Å². The minimum atomic E-state index is -1.12. The molecule has 0 saturated heterocycles. The van der Waals surface area contributed by atoms with Crippen LogP contribution in [0.5, 0.6) is 0 Å². The summed E-state index contributed by atoms with van der Waals surface area (Å²) in [5.74, 6) is 1.14. The van der Waals surface area contributed by atoms with Crippen molar-refractivity contribution in [3.8, 4) is 0 Å². The summed E-state index contributed by atoms with van der Waals surface area (Å²) in [5.41, 5.74) is 0.604. The van der Waals surface area contributed by atoms with Gasteiger partial charge in [0.15, 0.2) is 0 Å². The van der Waals surface area contributed by atoms with E-state index in [0.717, 1.165) is 49.7 Å². The normalized spacial score (nSPS) is 36.0. The summed E-state index contributed by atoms with van der Waals surface area (Å²) in [6.45, 7) is 15.8. The molecule has 0 aromatic heterocycles. The minimum absolute atomic E-state index is 0.0186. The Balaban J connectivity index is 1.73. The third-order valence-corrected chi connectivity index (χ3v) is 10.3. The maximum atomic E-state index is 12.1. The van der Waals surface area contributed by atoms with Crippen molar-refractivity contribution < 1.29 is 29.2 Å².